The molecule has 67 heavy (non-hydrogen) atoms. The summed E-state index contributed by atoms with van der Waals surface area (Å²) < 4.78 is 80.1. The third-order valence-electron chi connectivity index (χ3n) is 13.0. The van der Waals surface area contributed by atoms with Crippen molar-refractivity contribution in [2.24, 2.45) is 5.41 Å². The average Bonchev–Trinajstić information content (AvgIpc) is 3.77. The zero-order valence-electron chi connectivity index (χ0n) is 37.5. The largest absolute Gasteiger partial charge is 0.455 e. The van der Waals surface area contributed by atoms with Crippen LogP contribution in [0.4, 0.5) is 30.2 Å². The minimum absolute atomic E-state index is 0.00436. The van der Waals surface area contributed by atoms with Gasteiger partial charge in [0.15, 0.2) is 15.6 Å². The number of pyridine rings is 1. The molecular weight excluding hydrogens is 911 g/mol. The van der Waals surface area contributed by atoms with Gasteiger partial charge in [-0.15, -0.1) is 0 Å². The summed E-state index contributed by atoms with van der Waals surface area (Å²) in [6.45, 7) is 12.4. The van der Waals surface area contributed by atoms with Crippen molar-refractivity contribution in [1.29, 1.82) is 0 Å². The number of aromatic amines is 1. The smallest absolute Gasteiger partial charge is 0.416 e. The van der Waals surface area contributed by atoms with E-state index < -0.39 is 43.7 Å². The molecule has 5 aromatic rings. The second-order valence-corrected chi connectivity index (χ2v) is 20.5. The van der Waals surface area contributed by atoms with Crippen LogP contribution in [-0.2, 0) is 20.8 Å². The number of sulfone groups is 1. The number of ether oxygens (including phenoxy) is 2. The SMILES string of the molecule is CCN1CCOC[C@H]1CNc1ccc(S(=O)(=O)CC(=O)c2ccc(N3CCN(CC4=C(c5ccc(C(F)(F)F)cc5Cl)CC(C)(C)CC4)CC3)cc2Oc2cnc3[nH]ccc3c2)cc1[N+](=O)[O-]. The van der Waals surface area contributed by atoms with Crippen molar-refractivity contribution < 1.29 is 40.8 Å². The number of likely N-dealkylation sites (N-methyl/N-ethyl adjacent to an activating group) is 1. The number of halogens is 4. The molecule has 2 N–H and O–H groups in total. The van der Waals surface area contributed by atoms with Crippen molar-refractivity contribution in [1.82, 2.24) is 19.8 Å². The van der Waals surface area contributed by atoms with Crippen molar-refractivity contribution >= 4 is 60.9 Å². The van der Waals surface area contributed by atoms with Gasteiger partial charge in [-0.2, -0.15) is 13.2 Å². The molecule has 1 aliphatic carbocycles. The molecule has 356 valence electrons. The lowest BCUT2D eigenvalue weighted by molar-refractivity contribution is -0.384. The number of ketones is 1. The first-order chi connectivity index (χ1) is 31.9. The lowest BCUT2D eigenvalue weighted by atomic mass is 9.72. The van der Waals surface area contributed by atoms with Gasteiger partial charge in [0.1, 0.15) is 28.6 Å². The number of allylic oxidation sites excluding steroid dienone is 1. The Morgan fingerprint density at radius 1 is 1.06 bits per heavy atom. The van der Waals surface area contributed by atoms with Crippen LogP contribution in [0.25, 0.3) is 16.6 Å². The van der Waals surface area contributed by atoms with Crippen LogP contribution in [-0.4, -0.2) is 116 Å². The monoisotopic (exact) mass is 963 g/mol. The molecular formula is C48H53ClF3N7O7S. The number of benzene rings is 3. The van der Waals surface area contributed by atoms with Crippen LogP contribution in [0.2, 0.25) is 5.02 Å². The number of Topliss-reactive ketones (excluding diaryl/α,β-unsaturated/α-hetero) is 1. The van der Waals surface area contributed by atoms with E-state index in [0.717, 1.165) is 66.4 Å². The second-order valence-electron chi connectivity index (χ2n) is 18.1. The van der Waals surface area contributed by atoms with Gasteiger partial charge in [0.25, 0.3) is 5.69 Å². The van der Waals surface area contributed by atoms with Gasteiger partial charge in [-0.3, -0.25) is 24.7 Å². The van der Waals surface area contributed by atoms with E-state index in [1.807, 2.05) is 13.0 Å². The number of anilines is 2. The molecule has 0 unspecified atom stereocenters. The quantitative estimate of drug-likeness (QED) is 0.0582. The minimum Gasteiger partial charge on any atom is -0.455 e. The highest BCUT2D eigenvalue weighted by Crippen LogP contribution is 2.46. The average molecular weight is 965 g/mol. The van der Waals surface area contributed by atoms with Crippen LogP contribution >= 0.6 is 11.6 Å². The first kappa shape index (κ1) is 47.9. The number of nitrogens with zero attached hydrogens (tertiary/aromatic N) is 5. The molecule has 2 aliphatic heterocycles. The molecule has 3 aromatic carbocycles. The van der Waals surface area contributed by atoms with Crippen LogP contribution in [0.3, 0.4) is 0 Å². The first-order valence-electron chi connectivity index (χ1n) is 22.3. The molecule has 0 saturated carbocycles. The Morgan fingerprint density at radius 3 is 2.58 bits per heavy atom. The Kier molecular flexibility index (Phi) is 14.0. The summed E-state index contributed by atoms with van der Waals surface area (Å²) in [7, 11) is -4.38. The number of nitro groups is 1. The molecule has 8 rings (SSSR count). The van der Waals surface area contributed by atoms with Crippen LogP contribution in [0.15, 0.2) is 89.6 Å². The Labute approximate surface area is 392 Å². The highest BCUT2D eigenvalue weighted by molar-refractivity contribution is 7.92. The van der Waals surface area contributed by atoms with Crippen LogP contribution in [0, 0.1) is 15.5 Å². The molecule has 2 fully saturated rings. The molecule has 1 atom stereocenters. The van der Waals surface area contributed by atoms with Gasteiger partial charge in [-0.1, -0.05) is 44.0 Å². The number of aromatic nitrogens is 2. The summed E-state index contributed by atoms with van der Waals surface area (Å²) in [5.41, 5.74) is 3.05. The second kappa shape index (κ2) is 19.6. The van der Waals surface area contributed by atoms with E-state index in [-0.39, 0.29) is 38.4 Å². The maximum atomic E-state index is 14.1. The van der Waals surface area contributed by atoms with Crippen molar-refractivity contribution in [2.75, 3.05) is 81.5 Å². The molecule has 19 heteroatoms. The van der Waals surface area contributed by atoms with Crippen LogP contribution < -0.4 is 15.0 Å². The molecule has 3 aliphatic rings. The van der Waals surface area contributed by atoms with Gasteiger partial charge in [0.05, 0.1) is 46.4 Å². The van der Waals surface area contributed by atoms with Crippen molar-refractivity contribution in [3.05, 3.63) is 117 Å². The Bertz CT molecular complexity index is 2810. The number of morpholine rings is 1. The fourth-order valence-corrected chi connectivity index (χ4v) is 10.7. The molecule has 0 radical (unpaired) electrons. The summed E-state index contributed by atoms with van der Waals surface area (Å²) in [5, 5.41) is 16.1. The molecule has 0 bridgehead atoms. The maximum absolute atomic E-state index is 14.1. The molecule has 0 amide bonds. The lowest BCUT2D eigenvalue weighted by Crippen LogP contribution is -2.48. The number of piperazine rings is 1. The predicted octanol–water partition coefficient (Wildman–Crippen LogP) is 9.51. The summed E-state index contributed by atoms with van der Waals surface area (Å²) in [6, 6.07) is 15.7. The molecule has 4 heterocycles. The molecule has 0 spiro atoms. The summed E-state index contributed by atoms with van der Waals surface area (Å²) in [6.07, 6.45) is 1.15. The fourth-order valence-electron chi connectivity index (χ4n) is 9.15. The van der Waals surface area contributed by atoms with E-state index in [1.165, 1.54) is 30.5 Å². The van der Waals surface area contributed by atoms with Gasteiger partial charge in [-0.25, -0.2) is 13.4 Å². The van der Waals surface area contributed by atoms with Crippen LogP contribution in [0.1, 0.15) is 61.5 Å². The third kappa shape index (κ3) is 11.1. The van der Waals surface area contributed by atoms with E-state index in [2.05, 4.69) is 43.8 Å². The van der Waals surface area contributed by atoms with E-state index in [0.29, 0.717) is 75.9 Å². The van der Waals surface area contributed by atoms with Crippen LogP contribution in [0.5, 0.6) is 11.5 Å². The number of alkyl halides is 3. The van der Waals surface area contributed by atoms with E-state index in [4.69, 9.17) is 21.1 Å². The normalized spacial score (nSPS) is 18.6. The van der Waals surface area contributed by atoms with Crippen molar-refractivity contribution in [2.45, 2.75) is 57.1 Å². The maximum Gasteiger partial charge on any atom is 0.416 e. The summed E-state index contributed by atoms with van der Waals surface area (Å²) in [4.78, 5) is 39.4. The van der Waals surface area contributed by atoms with Crippen molar-refractivity contribution in [3.8, 4) is 11.5 Å². The highest BCUT2D eigenvalue weighted by Gasteiger charge is 2.34. The Morgan fingerprint density at radius 2 is 1.85 bits per heavy atom. The van der Waals surface area contributed by atoms with Gasteiger partial charge in [0.2, 0.25) is 0 Å². The summed E-state index contributed by atoms with van der Waals surface area (Å²) in [5.74, 6) is -1.31. The number of H-pyrrole nitrogens is 1. The highest BCUT2D eigenvalue weighted by atomic mass is 35.5. The zero-order chi connectivity index (χ0) is 47.7. The summed E-state index contributed by atoms with van der Waals surface area (Å²) >= 11 is 6.54. The number of rotatable bonds is 15. The molecule has 2 saturated heterocycles. The first-order valence-corrected chi connectivity index (χ1v) is 24.3. The van der Waals surface area contributed by atoms with Gasteiger partial charge < -0.3 is 24.7 Å². The van der Waals surface area contributed by atoms with Gasteiger partial charge in [-0.05, 0) is 90.9 Å². The fraction of sp³-hybridized carbons (Fsp3) is 0.417. The van der Waals surface area contributed by atoms with E-state index >= 15 is 0 Å². The number of hydrogen-bond donors (Lipinski definition) is 2. The Balaban J connectivity index is 1.00. The third-order valence-corrected chi connectivity index (χ3v) is 14.9. The zero-order valence-corrected chi connectivity index (χ0v) is 39.1. The standard InChI is InChI=1S/C48H53ClF3N7O7S/c1-4-57-19-20-65-29-35(57)26-54-42-10-7-37(24-43(42)59(61)62)67(63,64)30-44(60)39-9-6-34(23-45(39)66-36-21-31-12-14-53-46(31)55-27-36)58-17-15-56(16-18-58)28-32-11-13-47(2,3)25-40(32)38-8-5-33(22-41(38)49)48(50,51)52/h5-10,12,14,21-24,27,35,54H,4,11,13,15-20,25-26,28-30H2,1-3H3,(H,53,55)/t35-/m1/s1. The van der Waals surface area contributed by atoms with E-state index in [9.17, 15) is 36.5 Å². The number of carbonyl (C=O) groups excluding carboxylic acids is 1. The van der Waals surface area contributed by atoms with Gasteiger partial charge >= 0.3 is 6.18 Å². The number of carbonyl (C=O) groups is 1. The number of hydrogen-bond acceptors (Lipinski definition) is 12. The minimum atomic E-state index is -4.50. The topological polar surface area (TPSA) is 163 Å². The number of nitro benzene ring substituents is 1. The predicted molar refractivity (Wildman–Crippen MR) is 252 cm³/mol. The lowest BCUT2D eigenvalue weighted by Gasteiger charge is -2.39. The number of fused-ring (bicyclic) bond motifs is 1. The number of nitrogens with one attached hydrogen (secondary N) is 2. The molecule has 14 nitrogen and oxygen atoms in total. The van der Waals surface area contributed by atoms with Gasteiger partial charge in [0, 0.05) is 80.2 Å². The van der Waals surface area contributed by atoms with E-state index in [1.54, 1.807) is 24.4 Å². The van der Waals surface area contributed by atoms with Crippen molar-refractivity contribution in [3.63, 3.8) is 0 Å². The Hall–Kier alpha value is -5.53. The molecule has 2 aromatic heterocycles.